The molecule has 1 aliphatic heterocycles. The van der Waals surface area contributed by atoms with Crippen molar-refractivity contribution in [2.75, 3.05) is 20.1 Å². The number of aromatic nitrogens is 2. The third kappa shape index (κ3) is 4.39. The predicted octanol–water partition coefficient (Wildman–Crippen LogP) is 3.03. The fourth-order valence-electron chi connectivity index (χ4n) is 3.91. The number of aryl methyl sites for hydroxylation is 1. The average Bonchev–Trinajstić information content (AvgIpc) is 3.02. The van der Waals surface area contributed by atoms with E-state index in [1.807, 2.05) is 25.0 Å². The molecule has 1 aromatic heterocycles. The van der Waals surface area contributed by atoms with Crippen molar-refractivity contribution in [3.8, 4) is 0 Å². The Morgan fingerprint density at radius 3 is 2.81 bits per heavy atom. The van der Waals surface area contributed by atoms with E-state index in [1.165, 1.54) is 24.0 Å². The molecular formula is C20H28IN5. The highest BCUT2D eigenvalue weighted by atomic mass is 127. The molecule has 0 amide bonds. The van der Waals surface area contributed by atoms with Crippen molar-refractivity contribution in [3.63, 3.8) is 0 Å². The Hall–Kier alpha value is -1.57. The van der Waals surface area contributed by atoms with Crippen LogP contribution in [-0.2, 0) is 13.5 Å². The maximum atomic E-state index is 4.54. The van der Waals surface area contributed by atoms with Crippen molar-refractivity contribution >= 4 is 29.9 Å². The number of nitrogens with zero attached hydrogens (tertiary/aromatic N) is 4. The second-order valence-corrected chi connectivity index (χ2v) is 7.36. The monoisotopic (exact) mass is 465 g/mol. The molecule has 0 bridgehead atoms. The number of likely N-dealkylation sites (tertiary alicyclic amines) is 1. The third-order valence-corrected chi connectivity index (χ3v) is 5.47. The summed E-state index contributed by atoms with van der Waals surface area (Å²) in [6, 6.07) is 11.4. The second-order valence-electron chi connectivity index (χ2n) is 7.36. The summed E-state index contributed by atoms with van der Waals surface area (Å²) in [7, 11) is 3.88. The Balaban J connectivity index is 0.00000196. The smallest absolute Gasteiger partial charge is 0.193 e. The van der Waals surface area contributed by atoms with Crippen LogP contribution in [0, 0.1) is 5.92 Å². The van der Waals surface area contributed by atoms with E-state index in [2.05, 4.69) is 56.8 Å². The zero-order valence-electron chi connectivity index (χ0n) is 15.5. The summed E-state index contributed by atoms with van der Waals surface area (Å²) in [5.74, 6) is 2.36. The van der Waals surface area contributed by atoms with Crippen LogP contribution in [-0.4, -0.2) is 46.8 Å². The number of hydrogen-bond donors (Lipinski definition) is 1. The summed E-state index contributed by atoms with van der Waals surface area (Å²) >= 11 is 0. The van der Waals surface area contributed by atoms with Gasteiger partial charge in [-0.3, -0.25) is 9.67 Å². The van der Waals surface area contributed by atoms with Gasteiger partial charge >= 0.3 is 0 Å². The van der Waals surface area contributed by atoms with Gasteiger partial charge in [0.25, 0.3) is 0 Å². The van der Waals surface area contributed by atoms with E-state index >= 15 is 0 Å². The van der Waals surface area contributed by atoms with Crippen LogP contribution in [0.1, 0.15) is 29.9 Å². The van der Waals surface area contributed by atoms with Gasteiger partial charge in [-0.2, -0.15) is 5.10 Å². The van der Waals surface area contributed by atoms with Crippen molar-refractivity contribution in [3.05, 3.63) is 53.9 Å². The first-order valence-electron chi connectivity index (χ1n) is 9.23. The molecule has 26 heavy (non-hydrogen) atoms. The Kier molecular flexibility index (Phi) is 6.21. The van der Waals surface area contributed by atoms with Gasteiger partial charge in [0.15, 0.2) is 5.96 Å². The van der Waals surface area contributed by atoms with Crippen LogP contribution in [0.5, 0.6) is 0 Å². The fourth-order valence-corrected chi connectivity index (χ4v) is 3.91. The average molecular weight is 465 g/mol. The summed E-state index contributed by atoms with van der Waals surface area (Å²) in [6.07, 6.45) is 7.72. The van der Waals surface area contributed by atoms with Crippen molar-refractivity contribution in [2.45, 2.75) is 31.2 Å². The maximum Gasteiger partial charge on any atom is 0.193 e. The lowest BCUT2D eigenvalue weighted by Gasteiger charge is -2.21. The number of rotatable bonds is 4. The second kappa shape index (κ2) is 8.41. The molecule has 2 aliphatic rings. The molecule has 2 fully saturated rings. The molecule has 1 N–H and O–H groups in total. The summed E-state index contributed by atoms with van der Waals surface area (Å²) < 4.78 is 1.89. The van der Waals surface area contributed by atoms with Crippen LogP contribution in [0.15, 0.2) is 47.7 Å². The first-order valence-corrected chi connectivity index (χ1v) is 9.23. The molecule has 1 aromatic carbocycles. The van der Waals surface area contributed by atoms with Gasteiger partial charge in [-0.05, 0) is 36.3 Å². The molecule has 5 nitrogen and oxygen atoms in total. The zero-order chi connectivity index (χ0) is 17.2. The van der Waals surface area contributed by atoms with Crippen LogP contribution in [0.2, 0.25) is 0 Å². The predicted molar refractivity (Wildman–Crippen MR) is 116 cm³/mol. The van der Waals surface area contributed by atoms with E-state index in [9.17, 15) is 0 Å². The van der Waals surface area contributed by atoms with Gasteiger partial charge in [0.1, 0.15) is 0 Å². The summed E-state index contributed by atoms with van der Waals surface area (Å²) in [4.78, 5) is 6.93. The van der Waals surface area contributed by atoms with Gasteiger partial charge in [0.2, 0.25) is 0 Å². The number of benzene rings is 1. The number of halogens is 1. The first-order chi connectivity index (χ1) is 12.2. The maximum absolute atomic E-state index is 4.54. The van der Waals surface area contributed by atoms with Crippen molar-refractivity contribution in [1.29, 1.82) is 0 Å². The van der Waals surface area contributed by atoms with E-state index in [-0.39, 0.29) is 24.0 Å². The van der Waals surface area contributed by atoms with Crippen LogP contribution in [0.3, 0.4) is 0 Å². The fraction of sp³-hybridized carbons (Fsp3) is 0.500. The molecule has 6 heteroatoms. The van der Waals surface area contributed by atoms with Crippen LogP contribution < -0.4 is 5.32 Å². The third-order valence-electron chi connectivity index (χ3n) is 5.47. The van der Waals surface area contributed by atoms with E-state index in [1.54, 1.807) is 0 Å². The zero-order valence-corrected chi connectivity index (χ0v) is 17.8. The number of hydrogen-bond acceptors (Lipinski definition) is 2. The van der Waals surface area contributed by atoms with Crippen LogP contribution in [0.25, 0.3) is 0 Å². The highest BCUT2D eigenvalue weighted by Gasteiger charge is 2.39. The van der Waals surface area contributed by atoms with Crippen molar-refractivity contribution in [1.82, 2.24) is 20.0 Å². The summed E-state index contributed by atoms with van der Waals surface area (Å²) in [5.41, 5.74) is 2.78. The molecule has 4 rings (SSSR count). The molecule has 3 unspecified atom stereocenters. The lowest BCUT2D eigenvalue weighted by molar-refractivity contribution is 0.482. The molecule has 0 spiro atoms. The van der Waals surface area contributed by atoms with Crippen LogP contribution >= 0.6 is 24.0 Å². The Morgan fingerprint density at radius 2 is 2.12 bits per heavy atom. The Morgan fingerprint density at radius 1 is 1.31 bits per heavy atom. The molecule has 140 valence electrons. The lowest BCUT2D eigenvalue weighted by atomic mass is 10.0. The SMILES string of the molecule is CN=C(NC1CC1Cc1ccccc1)N1CCC(c2cnn(C)c2)C1.I. The largest absolute Gasteiger partial charge is 0.353 e. The number of nitrogens with one attached hydrogen (secondary N) is 1. The van der Waals surface area contributed by atoms with Gasteiger partial charge in [-0.15, -0.1) is 24.0 Å². The molecule has 1 aliphatic carbocycles. The van der Waals surface area contributed by atoms with Gasteiger partial charge in [0, 0.05) is 45.3 Å². The Bertz CT molecular complexity index is 742. The Labute approximate surface area is 172 Å². The van der Waals surface area contributed by atoms with Crippen molar-refractivity contribution in [2.24, 2.45) is 18.0 Å². The normalized spacial score (nSPS) is 25.1. The molecule has 3 atom stereocenters. The quantitative estimate of drug-likeness (QED) is 0.429. The molecular weight excluding hydrogens is 437 g/mol. The standard InChI is InChI=1S/C20H27N5.HI/c1-21-20(23-19-11-17(19)10-15-6-4-3-5-7-15)25-9-8-16(14-25)18-12-22-24(2)13-18;/h3-7,12-13,16-17,19H,8-11,14H2,1-2H3,(H,21,23);1H. The van der Waals surface area contributed by atoms with E-state index in [0.29, 0.717) is 12.0 Å². The minimum Gasteiger partial charge on any atom is -0.353 e. The van der Waals surface area contributed by atoms with Gasteiger partial charge in [0.05, 0.1) is 6.20 Å². The summed E-state index contributed by atoms with van der Waals surface area (Å²) in [5, 5.41) is 8.00. The van der Waals surface area contributed by atoms with Gasteiger partial charge < -0.3 is 10.2 Å². The summed E-state index contributed by atoms with van der Waals surface area (Å²) in [6.45, 7) is 2.09. The first kappa shape index (κ1) is 19.2. The molecule has 0 radical (unpaired) electrons. The molecule has 2 heterocycles. The highest BCUT2D eigenvalue weighted by molar-refractivity contribution is 14.0. The number of guanidine groups is 1. The minimum absolute atomic E-state index is 0. The van der Waals surface area contributed by atoms with E-state index in [0.717, 1.165) is 31.4 Å². The van der Waals surface area contributed by atoms with Gasteiger partial charge in [-0.1, -0.05) is 30.3 Å². The minimum atomic E-state index is 0. The highest BCUT2D eigenvalue weighted by Crippen LogP contribution is 2.34. The van der Waals surface area contributed by atoms with E-state index in [4.69, 9.17) is 0 Å². The van der Waals surface area contributed by atoms with E-state index < -0.39 is 0 Å². The van der Waals surface area contributed by atoms with Crippen LogP contribution in [0.4, 0.5) is 0 Å². The topological polar surface area (TPSA) is 45.5 Å². The molecule has 1 saturated carbocycles. The number of aliphatic imine (C=N–C) groups is 1. The van der Waals surface area contributed by atoms with Gasteiger partial charge in [-0.25, -0.2) is 0 Å². The molecule has 2 aromatic rings. The molecule has 1 saturated heterocycles. The lowest BCUT2D eigenvalue weighted by Crippen LogP contribution is -2.41. The van der Waals surface area contributed by atoms with Crippen molar-refractivity contribution < 1.29 is 0 Å².